The molecule has 0 bridgehead atoms. The Bertz CT molecular complexity index is 458. The van der Waals surface area contributed by atoms with Crippen LogP contribution in [0, 0.1) is 0 Å². The molecule has 0 rings (SSSR count). The Hall–Kier alpha value is -1.29. The van der Waals surface area contributed by atoms with E-state index in [4.69, 9.17) is 21.1 Å². The molecular weight excluding hydrogens is 376 g/mol. The molecule has 0 fully saturated rings. The molecule has 0 aromatic carbocycles. The molecule has 4 nitrogen and oxygen atoms in total. The fourth-order valence-corrected chi connectivity index (χ4v) is 2.91. The first-order valence-electron chi connectivity index (χ1n) is 11.0. The fourth-order valence-electron chi connectivity index (χ4n) is 2.82. The van der Waals surface area contributed by atoms with Crippen molar-refractivity contribution in [2.45, 2.75) is 104 Å². The lowest BCUT2D eigenvalue weighted by molar-refractivity contribution is -0.145. The number of hydrogen-bond donors (Lipinski definition) is 0. The van der Waals surface area contributed by atoms with E-state index in [0.717, 1.165) is 25.7 Å². The standard InChI is InChI=1S/C23H39ClO4/c1-3-5-6-7-8-9-10-11-12-13-14-15-16-17-18-19-22(26)28-23(27-4-2)21(24)20-25/h11-12,20H,3-10,13-19H2,1-2H3/b12-11-,23-21-. The molecule has 28 heavy (non-hydrogen) atoms. The first kappa shape index (κ1) is 26.7. The summed E-state index contributed by atoms with van der Waals surface area (Å²) in [5.74, 6) is -0.613. The van der Waals surface area contributed by atoms with Crippen LogP contribution in [0.3, 0.4) is 0 Å². The van der Waals surface area contributed by atoms with Crippen LogP contribution in [0.2, 0.25) is 0 Å². The molecule has 0 radical (unpaired) electrons. The Morgan fingerprint density at radius 2 is 1.36 bits per heavy atom. The zero-order valence-electron chi connectivity index (χ0n) is 17.8. The van der Waals surface area contributed by atoms with Crippen LogP contribution in [0.1, 0.15) is 104 Å². The van der Waals surface area contributed by atoms with E-state index in [1.165, 1.54) is 57.8 Å². The second kappa shape index (κ2) is 20.4. The average Bonchev–Trinajstić information content (AvgIpc) is 2.70. The van der Waals surface area contributed by atoms with Crippen molar-refractivity contribution in [3.8, 4) is 0 Å². The number of unbranched alkanes of at least 4 members (excludes halogenated alkanes) is 11. The van der Waals surface area contributed by atoms with Crippen molar-refractivity contribution in [2.75, 3.05) is 6.61 Å². The van der Waals surface area contributed by atoms with E-state index in [1.807, 2.05) is 0 Å². The summed E-state index contributed by atoms with van der Waals surface area (Å²) < 4.78 is 10.1. The maximum absolute atomic E-state index is 11.8. The Balaban J connectivity index is 3.55. The summed E-state index contributed by atoms with van der Waals surface area (Å²) >= 11 is 5.66. The van der Waals surface area contributed by atoms with Crippen molar-refractivity contribution >= 4 is 23.9 Å². The zero-order chi connectivity index (χ0) is 20.9. The molecule has 0 N–H and O–H groups in total. The minimum absolute atomic E-state index is 0.197. The maximum Gasteiger partial charge on any atom is 0.313 e. The molecule has 0 aliphatic rings. The third-order valence-electron chi connectivity index (χ3n) is 4.42. The van der Waals surface area contributed by atoms with Crippen LogP contribution in [-0.4, -0.2) is 18.9 Å². The van der Waals surface area contributed by atoms with Gasteiger partial charge in [0.05, 0.1) is 6.61 Å². The lowest BCUT2D eigenvalue weighted by atomic mass is 10.1. The molecule has 0 aromatic rings. The molecule has 0 saturated carbocycles. The third-order valence-corrected chi connectivity index (χ3v) is 4.67. The Kier molecular flexibility index (Phi) is 19.5. The van der Waals surface area contributed by atoms with Crippen LogP contribution in [0.5, 0.6) is 0 Å². The van der Waals surface area contributed by atoms with Crippen molar-refractivity contribution in [3.63, 3.8) is 0 Å². The van der Waals surface area contributed by atoms with Gasteiger partial charge in [-0.05, 0) is 39.0 Å². The molecular formula is C23H39ClO4. The van der Waals surface area contributed by atoms with E-state index in [9.17, 15) is 9.59 Å². The highest BCUT2D eigenvalue weighted by Gasteiger charge is 2.12. The average molecular weight is 415 g/mol. The number of allylic oxidation sites excluding steroid dienone is 3. The van der Waals surface area contributed by atoms with E-state index in [-0.39, 0.29) is 17.6 Å². The Morgan fingerprint density at radius 3 is 1.89 bits per heavy atom. The summed E-state index contributed by atoms with van der Waals surface area (Å²) in [6.07, 6.45) is 21.1. The summed E-state index contributed by atoms with van der Waals surface area (Å²) in [5, 5.41) is -0.222. The smallest absolute Gasteiger partial charge is 0.313 e. The highest BCUT2D eigenvalue weighted by molar-refractivity contribution is 6.38. The molecule has 0 aromatic heterocycles. The lowest BCUT2D eigenvalue weighted by Gasteiger charge is -2.09. The summed E-state index contributed by atoms with van der Waals surface area (Å²) in [6.45, 7) is 4.26. The van der Waals surface area contributed by atoms with Gasteiger partial charge in [-0.15, -0.1) is 0 Å². The van der Waals surface area contributed by atoms with Gasteiger partial charge < -0.3 is 9.47 Å². The maximum atomic E-state index is 11.8. The van der Waals surface area contributed by atoms with Gasteiger partial charge in [0.2, 0.25) is 0 Å². The van der Waals surface area contributed by atoms with Crippen LogP contribution >= 0.6 is 11.6 Å². The predicted octanol–water partition coefficient (Wildman–Crippen LogP) is 7.21. The molecule has 0 aliphatic carbocycles. The first-order chi connectivity index (χ1) is 13.7. The molecule has 0 atom stereocenters. The van der Waals surface area contributed by atoms with Crippen LogP contribution in [0.15, 0.2) is 23.1 Å². The quantitative estimate of drug-likeness (QED) is 0.0559. The van der Waals surface area contributed by atoms with Crippen molar-refractivity contribution in [2.24, 2.45) is 0 Å². The predicted molar refractivity (Wildman–Crippen MR) is 116 cm³/mol. The number of carbonyl (C=O) groups excluding carboxylic acids is 2. The second-order valence-electron chi connectivity index (χ2n) is 6.99. The molecule has 0 spiro atoms. The molecule has 0 aliphatic heterocycles. The van der Waals surface area contributed by atoms with Gasteiger partial charge in [0.1, 0.15) is 0 Å². The fraction of sp³-hybridized carbons (Fsp3) is 0.739. The number of hydrogen-bond acceptors (Lipinski definition) is 4. The van der Waals surface area contributed by atoms with E-state index in [2.05, 4.69) is 19.1 Å². The van der Waals surface area contributed by atoms with E-state index in [1.54, 1.807) is 6.92 Å². The van der Waals surface area contributed by atoms with Gasteiger partial charge in [0.15, 0.2) is 11.3 Å². The summed E-state index contributed by atoms with van der Waals surface area (Å²) in [5.41, 5.74) is 0. The first-order valence-corrected chi connectivity index (χ1v) is 11.4. The van der Waals surface area contributed by atoms with Crippen LogP contribution < -0.4 is 0 Å². The summed E-state index contributed by atoms with van der Waals surface area (Å²) in [6, 6.07) is 0. The molecule has 0 heterocycles. The van der Waals surface area contributed by atoms with Gasteiger partial charge in [-0.3, -0.25) is 9.59 Å². The molecule has 0 amide bonds. The SMILES string of the molecule is CCCCCCCC/C=C\CCCCCCCC(=O)O/C(OCC)=C(\Cl)C=O. The highest BCUT2D eigenvalue weighted by Crippen LogP contribution is 2.14. The number of rotatable bonds is 19. The summed E-state index contributed by atoms with van der Waals surface area (Å²) in [7, 11) is 0. The minimum atomic E-state index is -0.416. The zero-order valence-corrected chi connectivity index (χ0v) is 18.6. The van der Waals surface area contributed by atoms with Gasteiger partial charge in [0.25, 0.3) is 0 Å². The van der Waals surface area contributed by atoms with Gasteiger partial charge in [0, 0.05) is 6.42 Å². The molecule has 5 heteroatoms. The highest BCUT2D eigenvalue weighted by atomic mass is 35.5. The lowest BCUT2D eigenvalue weighted by Crippen LogP contribution is -2.08. The normalized spacial score (nSPS) is 12.1. The van der Waals surface area contributed by atoms with Gasteiger partial charge in [-0.1, -0.05) is 82.0 Å². The van der Waals surface area contributed by atoms with Gasteiger partial charge >= 0.3 is 11.9 Å². The number of halogens is 1. The monoisotopic (exact) mass is 414 g/mol. The number of esters is 1. The Morgan fingerprint density at radius 1 is 0.821 bits per heavy atom. The number of ether oxygens (including phenoxy) is 2. The largest absolute Gasteiger partial charge is 0.464 e. The minimum Gasteiger partial charge on any atom is -0.464 e. The topological polar surface area (TPSA) is 52.6 Å². The van der Waals surface area contributed by atoms with Crippen LogP contribution in [0.25, 0.3) is 0 Å². The van der Waals surface area contributed by atoms with Crippen molar-refractivity contribution in [1.29, 1.82) is 0 Å². The molecule has 162 valence electrons. The van der Waals surface area contributed by atoms with E-state index in [0.29, 0.717) is 12.7 Å². The second-order valence-corrected chi connectivity index (χ2v) is 7.40. The van der Waals surface area contributed by atoms with Crippen molar-refractivity contribution in [1.82, 2.24) is 0 Å². The molecule has 0 saturated heterocycles. The Labute approximate surface area is 176 Å². The number of aldehydes is 1. The van der Waals surface area contributed by atoms with Crippen molar-refractivity contribution in [3.05, 3.63) is 23.1 Å². The van der Waals surface area contributed by atoms with Crippen LogP contribution in [0.4, 0.5) is 0 Å². The van der Waals surface area contributed by atoms with Gasteiger partial charge in [-0.25, -0.2) is 0 Å². The van der Waals surface area contributed by atoms with Gasteiger partial charge in [-0.2, -0.15) is 0 Å². The van der Waals surface area contributed by atoms with E-state index >= 15 is 0 Å². The molecule has 0 unspecified atom stereocenters. The number of carbonyl (C=O) groups is 2. The van der Waals surface area contributed by atoms with Crippen molar-refractivity contribution < 1.29 is 19.1 Å². The third kappa shape index (κ3) is 16.9. The summed E-state index contributed by atoms with van der Waals surface area (Å²) in [4.78, 5) is 22.4. The van der Waals surface area contributed by atoms with E-state index < -0.39 is 5.97 Å². The van der Waals surface area contributed by atoms with Crippen LogP contribution in [-0.2, 0) is 19.1 Å².